The lowest BCUT2D eigenvalue weighted by molar-refractivity contribution is 0.102. The molecule has 78 valence electrons. The minimum atomic E-state index is 0.187. The van der Waals surface area contributed by atoms with E-state index in [4.69, 9.17) is 4.74 Å². The van der Waals surface area contributed by atoms with Gasteiger partial charge in [0.05, 0.1) is 12.4 Å². The molecule has 1 heterocycles. The van der Waals surface area contributed by atoms with Crippen LogP contribution in [-0.2, 0) is 11.8 Å². The van der Waals surface area contributed by atoms with Crippen molar-refractivity contribution in [2.24, 2.45) is 7.05 Å². The van der Waals surface area contributed by atoms with Gasteiger partial charge in [-0.2, -0.15) is 11.8 Å². The number of aromatic nitrogens is 1. The van der Waals surface area contributed by atoms with Crippen molar-refractivity contribution in [1.82, 2.24) is 4.57 Å². The quantitative estimate of drug-likeness (QED) is 0.531. The molecule has 0 aliphatic carbocycles. The number of methoxy groups -OCH3 is 1. The molecule has 0 saturated heterocycles. The maximum atomic E-state index is 11.5. The van der Waals surface area contributed by atoms with Gasteiger partial charge in [0.15, 0.2) is 5.78 Å². The van der Waals surface area contributed by atoms with Crippen molar-refractivity contribution in [2.75, 3.05) is 25.2 Å². The number of aryl methyl sites for hydroxylation is 1. The van der Waals surface area contributed by atoms with E-state index in [0.29, 0.717) is 12.4 Å². The summed E-state index contributed by atoms with van der Waals surface area (Å²) in [6, 6.07) is 1.85. The molecule has 0 aliphatic heterocycles. The fourth-order valence-corrected chi connectivity index (χ4v) is 1.84. The SMILES string of the molecule is COCCSCC(=O)c1ccn(C)c1. The van der Waals surface area contributed by atoms with Crippen LogP contribution >= 0.6 is 11.8 Å². The molecule has 0 N–H and O–H groups in total. The van der Waals surface area contributed by atoms with Crippen molar-refractivity contribution in [3.05, 3.63) is 24.0 Å². The maximum Gasteiger partial charge on any atom is 0.174 e. The molecule has 0 spiro atoms. The number of thioether (sulfide) groups is 1. The predicted molar refractivity (Wildman–Crippen MR) is 58.9 cm³/mol. The first-order chi connectivity index (χ1) is 6.74. The van der Waals surface area contributed by atoms with Gasteiger partial charge in [-0.3, -0.25) is 4.79 Å². The number of carbonyl (C=O) groups is 1. The zero-order valence-electron chi connectivity index (χ0n) is 8.53. The van der Waals surface area contributed by atoms with Crippen LogP contribution in [0.3, 0.4) is 0 Å². The van der Waals surface area contributed by atoms with E-state index in [1.165, 1.54) is 0 Å². The first-order valence-electron chi connectivity index (χ1n) is 4.46. The molecule has 14 heavy (non-hydrogen) atoms. The van der Waals surface area contributed by atoms with Gasteiger partial charge in [-0.25, -0.2) is 0 Å². The second kappa shape index (κ2) is 5.88. The van der Waals surface area contributed by atoms with E-state index in [0.717, 1.165) is 11.3 Å². The summed E-state index contributed by atoms with van der Waals surface area (Å²) in [5.41, 5.74) is 0.789. The fourth-order valence-electron chi connectivity index (χ4n) is 1.06. The van der Waals surface area contributed by atoms with Gasteiger partial charge in [0.1, 0.15) is 0 Å². The van der Waals surface area contributed by atoms with Gasteiger partial charge in [-0.1, -0.05) is 0 Å². The molecule has 1 rings (SSSR count). The average molecular weight is 213 g/mol. The zero-order valence-corrected chi connectivity index (χ0v) is 9.34. The second-order valence-corrected chi connectivity index (χ2v) is 4.14. The van der Waals surface area contributed by atoms with Crippen molar-refractivity contribution in [1.29, 1.82) is 0 Å². The van der Waals surface area contributed by atoms with E-state index in [2.05, 4.69) is 0 Å². The van der Waals surface area contributed by atoms with E-state index in [1.807, 2.05) is 30.1 Å². The van der Waals surface area contributed by atoms with Gasteiger partial charge in [0, 0.05) is 37.9 Å². The number of rotatable bonds is 6. The summed E-state index contributed by atoms with van der Waals surface area (Å²) in [5.74, 6) is 1.59. The smallest absolute Gasteiger partial charge is 0.174 e. The Morgan fingerprint density at radius 1 is 1.64 bits per heavy atom. The van der Waals surface area contributed by atoms with Gasteiger partial charge in [-0.05, 0) is 6.07 Å². The van der Waals surface area contributed by atoms with E-state index >= 15 is 0 Å². The molecule has 4 heteroatoms. The highest BCUT2D eigenvalue weighted by molar-refractivity contribution is 8.00. The van der Waals surface area contributed by atoms with Crippen molar-refractivity contribution < 1.29 is 9.53 Å². The molecule has 0 aliphatic rings. The molecule has 0 bridgehead atoms. The van der Waals surface area contributed by atoms with Crippen LogP contribution < -0.4 is 0 Å². The van der Waals surface area contributed by atoms with E-state index in [9.17, 15) is 4.79 Å². The van der Waals surface area contributed by atoms with Crippen molar-refractivity contribution in [3.8, 4) is 0 Å². The van der Waals surface area contributed by atoms with E-state index in [1.54, 1.807) is 18.9 Å². The predicted octanol–water partition coefficient (Wildman–Crippen LogP) is 1.59. The number of Topliss-reactive ketones (excluding diaryl/α,β-unsaturated/α-hetero) is 1. The van der Waals surface area contributed by atoms with Crippen LogP contribution in [0, 0.1) is 0 Å². The highest BCUT2D eigenvalue weighted by Crippen LogP contribution is 2.07. The van der Waals surface area contributed by atoms with Crippen LogP contribution in [0.15, 0.2) is 18.5 Å². The lowest BCUT2D eigenvalue weighted by Gasteiger charge is -1.98. The molecule has 0 amide bonds. The van der Waals surface area contributed by atoms with Crippen LogP contribution in [0.4, 0.5) is 0 Å². The van der Waals surface area contributed by atoms with Gasteiger partial charge >= 0.3 is 0 Å². The van der Waals surface area contributed by atoms with Crippen LogP contribution in [-0.4, -0.2) is 35.6 Å². The molecule has 0 saturated carbocycles. The van der Waals surface area contributed by atoms with Crippen LogP contribution in [0.5, 0.6) is 0 Å². The van der Waals surface area contributed by atoms with Crippen LogP contribution in [0.1, 0.15) is 10.4 Å². The highest BCUT2D eigenvalue weighted by atomic mass is 32.2. The molecule has 1 aromatic rings. The fraction of sp³-hybridized carbons (Fsp3) is 0.500. The molecule has 1 aromatic heterocycles. The Bertz CT molecular complexity index is 296. The van der Waals surface area contributed by atoms with E-state index < -0.39 is 0 Å². The molecule has 0 atom stereocenters. The lowest BCUT2D eigenvalue weighted by Crippen LogP contribution is -2.03. The van der Waals surface area contributed by atoms with Gasteiger partial charge in [0.2, 0.25) is 0 Å². The standard InChI is InChI=1S/C10H15NO2S/c1-11-4-3-9(7-11)10(12)8-14-6-5-13-2/h3-4,7H,5-6,8H2,1-2H3. The van der Waals surface area contributed by atoms with Crippen LogP contribution in [0.25, 0.3) is 0 Å². The van der Waals surface area contributed by atoms with E-state index in [-0.39, 0.29) is 5.78 Å². The normalized spacial score (nSPS) is 10.4. The molecule has 0 aromatic carbocycles. The number of hydrogen-bond acceptors (Lipinski definition) is 3. The minimum Gasteiger partial charge on any atom is -0.384 e. The third-order valence-corrected chi connectivity index (χ3v) is 2.74. The van der Waals surface area contributed by atoms with Crippen molar-refractivity contribution in [2.45, 2.75) is 0 Å². The average Bonchev–Trinajstić information content (AvgIpc) is 2.59. The Balaban J connectivity index is 2.29. The number of nitrogens with zero attached hydrogens (tertiary/aromatic N) is 1. The third kappa shape index (κ3) is 3.55. The first-order valence-corrected chi connectivity index (χ1v) is 5.61. The van der Waals surface area contributed by atoms with Gasteiger partial charge in [-0.15, -0.1) is 0 Å². The Hall–Kier alpha value is -0.740. The van der Waals surface area contributed by atoms with Gasteiger partial charge < -0.3 is 9.30 Å². The lowest BCUT2D eigenvalue weighted by atomic mass is 10.2. The largest absolute Gasteiger partial charge is 0.384 e. The summed E-state index contributed by atoms with van der Waals surface area (Å²) in [6.45, 7) is 0.701. The second-order valence-electron chi connectivity index (χ2n) is 3.03. The van der Waals surface area contributed by atoms with Gasteiger partial charge in [0.25, 0.3) is 0 Å². The highest BCUT2D eigenvalue weighted by Gasteiger charge is 2.06. The summed E-state index contributed by atoms with van der Waals surface area (Å²) in [7, 11) is 3.58. The third-order valence-electron chi connectivity index (χ3n) is 1.82. The summed E-state index contributed by atoms with van der Waals surface area (Å²) in [5, 5.41) is 0. The molecule has 0 fully saturated rings. The maximum absolute atomic E-state index is 11.5. The number of carbonyl (C=O) groups excluding carboxylic acids is 1. The number of ether oxygens (including phenoxy) is 1. The Labute approximate surface area is 88.4 Å². The summed E-state index contributed by atoms with van der Waals surface area (Å²) < 4.78 is 6.78. The molecule has 0 unspecified atom stereocenters. The Kier molecular flexibility index (Phi) is 4.76. The summed E-state index contributed by atoms with van der Waals surface area (Å²) in [4.78, 5) is 11.5. The van der Waals surface area contributed by atoms with Crippen molar-refractivity contribution >= 4 is 17.5 Å². The minimum absolute atomic E-state index is 0.187. The topological polar surface area (TPSA) is 31.2 Å². The Morgan fingerprint density at radius 3 is 3.00 bits per heavy atom. The molecule has 0 radical (unpaired) electrons. The number of ketones is 1. The monoisotopic (exact) mass is 213 g/mol. The Morgan fingerprint density at radius 2 is 2.43 bits per heavy atom. The summed E-state index contributed by atoms with van der Waals surface area (Å²) in [6.07, 6.45) is 3.73. The number of hydrogen-bond donors (Lipinski definition) is 0. The first kappa shape index (κ1) is 11.3. The summed E-state index contributed by atoms with van der Waals surface area (Å²) >= 11 is 1.61. The van der Waals surface area contributed by atoms with Crippen molar-refractivity contribution in [3.63, 3.8) is 0 Å². The molecular weight excluding hydrogens is 198 g/mol. The van der Waals surface area contributed by atoms with Crippen LogP contribution in [0.2, 0.25) is 0 Å². The zero-order chi connectivity index (χ0) is 10.4. The molecular formula is C10H15NO2S. The molecule has 3 nitrogen and oxygen atoms in total.